The van der Waals surface area contributed by atoms with E-state index in [2.05, 4.69) is 98.4 Å². The molecule has 0 spiro atoms. The molecule has 164 valence electrons. The number of hydrogen-bond donors (Lipinski definition) is 1. The zero-order valence-corrected chi connectivity index (χ0v) is 19.7. The van der Waals surface area contributed by atoms with Crippen molar-refractivity contribution in [3.63, 3.8) is 0 Å². The highest BCUT2D eigenvalue weighted by Gasteiger charge is 2.04. The van der Waals surface area contributed by atoms with Crippen LogP contribution in [-0.4, -0.2) is 17.8 Å². The van der Waals surface area contributed by atoms with Crippen molar-refractivity contribution in [3.05, 3.63) is 95.6 Å². The van der Waals surface area contributed by atoms with Crippen molar-refractivity contribution in [2.75, 3.05) is 0 Å². The predicted octanol–water partition coefficient (Wildman–Crippen LogP) is 7.04. The monoisotopic (exact) mass is 414 g/mol. The van der Waals surface area contributed by atoms with Crippen LogP contribution in [0.3, 0.4) is 0 Å². The first-order chi connectivity index (χ1) is 15.3. The molecular formula is C28H39BN2. The van der Waals surface area contributed by atoms with Gasteiger partial charge in [-0.05, 0) is 42.4 Å². The van der Waals surface area contributed by atoms with Crippen molar-refractivity contribution < 1.29 is 0 Å². The fraction of sp³-hybridized carbons (Fsp3) is 0.393. The van der Waals surface area contributed by atoms with Crippen molar-refractivity contribution in [1.29, 1.82) is 0 Å². The Morgan fingerprint density at radius 2 is 1.35 bits per heavy atom. The maximum absolute atomic E-state index is 4.41. The first-order valence-electron chi connectivity index (χ1n) is 12.1. The third kappa shape index (κ3) is 9.00. The van der Waals surface area contributed by atoms with Crippen molar-refractivity contribution in [2.24, 2.45) is 0 Å². The molecule has 0 saturated heterocycles. The summed E-state index contributed by atoms with van der Waals surface area (Å²) in [6.45, 7) is 4.49. The molecule has 1 aromatic heterocycles. The number of aromatic nitrogens is 2. The van der Waals surface area contributed by atoms with Gasteiger partial charge in [-0.1, -0.05) is 113 Å². The molecule has 0 bridgehead atoms. The Morgan fingerprint density at radius 3 is 1.87 bits per heavy atom. The van der Waals surface area contributed by atoms with Crippen LogP contribution in [0.15, 0.2) is 73.1 Å². The molecule has 0 fully saturated rings. The van der Waals surface area contributed by atoms with Gasteiger partial charge >= 0.3 is 0 Å². The maximum atomic E-state index is 4.41. The number of nitrogens with one attached hydrogen (secondary N) is 1. The molecule has 0 unspecified atom stereocenters. The minimum absolute atomic E-state index is 1.05. The second-order valence-electron chi connectivity index (χ2n) is 8.00. The summed E-state index contributed by atoms with van der Waals surface area (Å²) < 4.78 is 0. The Kier molecular flexibility index (Phi) is 12.2. The van der Waals surface area contributed by atoms with Gasteiger partial charge < -0.3 is 4.98 Å². The normalized spacial score (nSPS) is 10.3. The highest BCUT2D eigenvalue weighted by atomic mass is 14.9. The molecule has 0 aliphatic heterocycles. The molecule has 2 nitrogen and oxygen atoms in total. The van der Waals surface area contributed by atoms with E-state index >= 15 is 0 Å². The minimum atomic E-state index is 1.05. The van der Waals surface area contributed by atoms with Gasteiger partial charge in [0.05, 0.1) is 12.0 Å². The Hall–Kier alpha value is -2.55. The summed E-state index contributed by atoms with van der Waals surface area (Å²) in [6, 6.07) is 21.1. The number of H-pyrrole nitrogens is 1. The van der Waals surface area contributed by atoms with Gasteiger partial charge in [-0.2, -0.15) is 0 Å². The Balaban J connectivity index is 0.000000221. The number of benzene rings is 2. The summed E-state index contributed by atoms with van der Waals surface area (Å²) in [5.41, 5.74) is 6.58. The smallest absolute Gasteiger partial charge is 0.106 e. The molecule has 0 aliphatic carbocycles. The third-order valence-corrected chi connectivity index (χ3v) is 5.43. The van der Waals surface area contributed by atoms with Gasteiger partial charge in [-0.15, -0.1) is 0 Å². The second kappa shape index (κ2) is 15.3. The lowest BCUT2D eigenvalue weighted by Gasteiger charge is -2.07. The SMILES string of the molecule is BCC=C(c1ccccc1)c1ccccc1.CCCCCc1nc[nH]c1CCCCC. The molecule has 2 aromatic carbocycles. The summed E-state index contributed by atoms with van der Waals surface area (Å²) in [5.74, 6) is 0. The number of allylic oxidation sites excluding steroid dienone is 1. The Morgan fingerprint density at radius 1 is 0.806 bits per heavy atom. The summed E-state index contributed by atoms with van der Waals surface area (Å²) in [6.07, 6.45) is 15.3. The van der Waals surface area contributed by atoms with Gasteiger partial charge in [0, 0.05) is 5.69 Å². The van der Waals surface area contributed by atoms with Gasteiger partial charge in [-0.25, -0.2) is 4.98 Å². The summed E-state index contributed by atoms with van der Waals surface area (Å²) >= 11 is 0. The van der Waals surface area contributed by atoms with Crippen molar-refractivity contribution in [3.8, 4) is 0 Å². The van der Waals surface area contributed by atoms with E-state index in [1.54, 1.807) is 0 Å². The van der Waals surface area contributed by atoms with E-state index in [1.807, 2.05) is 6.33 Å². The van der Waals surface area contributed by atoms with Crippen molar-refractivity contribution in [1.82, 2.24) is 9.97 Å². The van der Waals surface area contributed by atoms with E-state index in [0.29, 0.717) is 0 Å². The topological polar surface area (TPSA) is 28.7 Å². The molecule has 0 aliphatic rings. The van der Waals surface area contributed by atoms with Crippen LogP contribution in [0.4, 0.5) is 0 Å². The third-order valence-electron chi connectivity index (χ3n) is 5.43. The van der Waals surface area contributed by atoms with Crippen LogP contribution >= 0.6 is 0 Å². The molecule has 1 heterocycles. The zero-order valence-electron chi connectivity index (χ0n) is 19.7. The lowest BCUT2D eigenvalue weighted by Crippen LogP contribution is -1.94. The number of hydrogen-bond acceptors (Lipinski definition) is 1. The number of rotatable bonds is 11. The number of imidazole rings is 1. The second-order valence-corrected chi connectivity index (χ2v) is 8.00. The van der Waals surface area contributed by atoms with Gasteiger partial charge in [0.15, 0.2) is 0 Å². The van der Waals surface area contributed by atoms with Crippen LogP contribution in [0, 0.1) is 0 Å². The lowest BCUT2D eigenvalue weighted by molar-refractivity contribution is 0.683. The largest absolute Gasteiger partial charge is 0.348 e. The number of aryl methyl sites for hydroxylation is 2. The average molecular weight is 414 g/mol. The molecule has 0 amide bonds. The van der Waals surface area contributed by atoms with E-state index in [0.717, 1.165) is 12.7 Å². The minimum Gasteiger partial charge on any atom is -0.348 e. The van der Waals surface area contributed by atoms with E-state index in [9.17, 15) is 0 Å². The van der Waals surface area contributed by atoms with Gasteiger partial charge in [0.2, 0.25) is 0 Å². The highest BCUT2D eigenvalue weighted by molar-refractivity contribution is 6.10. The van der Waals surface area contributed by atoms with Gasteiger partial charge in [0.25, 0.3) is 0 Å². The van der Waals surface area contributed by atoms with Gasteiger partial charge in [0.1, 0.15) is 7.85 Å². The Bertz CT molecular complexity index is 787. The molecule has 3 heteroatoms. The van der Waals surface area contributed by atoms with Crippen LogP contribution < -0.4 is 0 Å². The van der Waals surface area contributed by atoms with Crippen LogP contribution in [0.1, 0.15) is 74.9 Å². The van der Waals surface area contributed by atoms with Crippen LogP contribution in [-0.2, 0) is 12.8 Å². The molecule has 3 rings (SSSR count). The molecule has 0 atom stereocenters. The Labute approximate surface area is 190 Å². The van der Waals surface area contributed by atoms with Crippen LogP contribution in [0.25, 0.3) is 5.57 Å². The standard InChI is InChI=1S/C15H15B.C13H24N2/c16-12-11-15(13-7-3-1-4-8-13)14-9-5-2-6-10-14;1-3-5-7-9-12-13(15-11-14-12)10-8-6-4-2/h1-11H,12,16H2;11H,3-10H2,1-2H3,(H,14,15). The van der Waals surface area contributed by atoms with Crippen LogP contribution in [0.5, 0.6) is 0 Å². The molecular weight excluding hydrogens is 375 g/mol. The summed E-state index contributed by atoms with van der Waals surface area (Å²) in [5, 5.41) is 0. The first kappa shape index (κ1) is 24.7. The summed E-state index contributed by atoms with van der Waals surface area (Å²) in [7, 11) is 2.17. The van der Waals surface area contributed by atoms with Crippen LogP contribution in [0.2, 0.25) is 6.32 Å². The average Bonchev–Trinajstić information content (AvgIpc) is 3.27. The quantitative estimate of drug-likeness (QED) is 0.264. The molecule has 1 N–H and O–H groups in total. The molecule has 31 heavy (non-hydrogen) atoms. The highest BCUT2D eigenvalue weighted by Crippen LogP contribution is 2.23. The van der Waals surface area contributed by atoms with E-state index in [1.165, 1.54) is 73.0 Å². The molecule has 3 aromatic rings. The zero-order chi connectivity index (χ0) is 22.2. The maximum Gasteiger partial charge on any atom is 0.106 e. The lowest BCUT2D eigenvalue weighted by atomic mass is 9.93. The van der Waals surface area contributed by atoms with E-state index in [4.69, 9.17) is 0 Å². The number of nitrogens with zero attached hydrogens (tertiary/aromatic N) is 1. The fourth-order valence-corrected chi connectivity index (χ4v) is 3.72. The molecule has 0 radical (unpaired) electrons. The molecule has 0 saturated carbocycles. The van der Waals surface area contributed by atoms with Crippen molar-refractivity contribution >= 4 is 13.4 Å². The van der Waals surface area contributed by atoms with E-state index < -0.39 is 0 Å². The van der Waals surface area contributed by atoms with E-state index in [-0.39, 0.29) is 0 Å². The first-order valence-corrected chi connectivity index (χ1v) is 12.1. The fourth-order valence-electron chi connectivity index (χ4n) is 3.72. The number of aromatic amines is 1. The number of unbranched alkanes of at least 4 members (excludes halogenated alkanes) is 4. The van der Waals surface area contributed by atoms with Gasteiger partial charge in [-0.3, -0.25) is 0 Å². The summed E-state index contributed by atoms with van der Waals surface area (Å²) in [4.78, 5) is 7.69. The van der Waals surface area contributed by atoms with Crippen molar-refractivity contribution in [2.45, 2.75) is 71.5 Å². The predicted molar refractivity (Wildman–Crippen MR) is 138 cm³/mol.